The number of benzene rings is 1. The first kappa shape index (κ1) is 18.5. The van der Waals surface area contributed by atoms with Crippen LogP contribution in [-0.2, 0) is 17.4 Å². The summed E-state index contributed by atoms with van der Waals surface area (Å²) in [6.45, 7) is 5.00. The summed E-state index contributed by atoms with van der Waals surface area (Å²) in [5.41, 5.74) is -0.0968. The van der Waals surface area contributed by atoms with Gasteiger partial charge in [0.05, 0.1) is 11.6 Å². The molecular formula is C16H23F3N2O. The zero-order chi connectivity index (χ0) is 16.8. The highest BCUT2D eigenvalue weighted by atomic mass is 19.4. The van der Waals surface area contributed by atoms with Crippen molar-refractivity contribution in [2.24, 2.45) is 0 Å². The van der Waals surface area contributed by atoms with Crippen LogP contribution < -0.4 is 5.32 Å². The molecule has 0 heterocycles. The van der Waals surface area contributed by atoms with Crippen LogP contribution >= 0.6 is 0 Å². The standard InChI is InChI=1S/C16H23F3N2O/c1-4-14(21(3)5-2)15(22)20-10-9-12-7-6-8-13(11-12)16(17,18)19/h6-8,11,14H,4-5,9-10H2,1-3H3,(H,20,22). The second-order valence-corrected chi connectivity index (χ2v) is 5.24. The van der Waals surface area contributed by atoms with Crippen LogP contribution in [0.4, 0.5) is 13.2 Å². The average Bonchev–Trinajstić information content (AvgIpc) is 2.47. The van der Waals surface area contributed by atoms with Gasteiger partial charge in [0.2, 0.25) is 5.91 Å². The van der Waals surface area contributed by atoms with Crippen molar-refractivity contribution >= 4 is 5.91 Å². The number of rotatable bonds is 7. The normalized spacial score (nSPS) is 13.2. The minimum absolute atomic E-state index is 0.0844. The lowest BCUT2D eigenvalue weighted by molar-refractivity contribution is -0.137. The summed E-state index contributed by atoms with van der Waals surface area (Å²) < 4.78 is 37.9. The molecular weight excluding hydrogens is 293 g/mol. The highest BCUT2D eigenvalue weighted by Gasteiger charge is 2.30. The third kappa shape index (κ3) is 5.33. The fraction of sp³-hybridized carbons (Fsp3) is 0.562. The molecule has 0 aliphatic rings. The number of nitrogens with zero attached hydrogens (tertiary/aromatic N) is 1. The van der Waals surface area contributed by atoms with E-state index in [1.54, 1.807) is 6.07 Å². The van der Waals surface area contributed by atoms with E-state index in [2.05, 4.69) is 5.32 Å². The molecule has 1 N–H and O–H groups in total. The van der Waals surface area contributed by atoms with E-state index >= 15 is 0 Å². The predicted molar refractivity (Wildman–Crippen MR) is 80.5 cm³/mol. The summed E-state index contributed by atoms with van der Waals surface area (Å²) in [5, 5.41) is 2.79. The van der Waals surface area contributed by atoms with E-state index in [0.29, 0.717) is 24.9 Å². The molecule has 6 heteroatoms. The predicted octanol–water partition coefficient (Wildman–Crippen LogP) is 3.09. The molecule has 124 valence electrons. The number of halogens is 3. The molecule has 1 amide bonds. The van der Waals surface area contributed by atoms with E-state index in [-0.39, 0.29) is 11.9 Å². The minimum atomic E-state index is -4.34. The molecule has 0 saturated carbocycles. The molecule has 1 atom stereocenters. The second-order valence-electron chi connectivity index (χ2n) is 5.24. The van der Waals surface area contributed by atoms with Gasteiger partial charge in [0.1, 0.15) is 0 Å². The van der Waals surface area contributed by atoms with Gasteiger partial charge in [-0.05, 0) is 38.1 Å². The van der Waals surface area contributed by atoms with Crippen molar-refractivity contribution in [1.29, 1.82) is 0 Å². The van der Waals surface area contributed by atoms with Crippen LogP contribution in [0.2, 0.25) is 0 Å². The van der Waals surface area contributed by atoms with Crippen LogP contribution in [0.25, 0.3) is 0 Å². The number of nitrogens with one attached hydrogen (secondary N) is 1. The number of alkyl halides is 3. The van der Waals surface area contributed by atoms with Gasteiger partial charge in [-0.25, -0.2) is 0 Å². The largest absolute Gasteiger partial charge is 0.416 e. The molecule has 0 saturated heterocycles. The third-order valence-corrected chi connectivity index (χ3v) is 3.69. The molecule has 1 unspecified atom stereocenters. The summed E-state index contributed by atoms with van der Waals surface area (Å²) in [6, 6.07) is 5.00. The first-order valence-electron chi connectivity index (χ1n) is 7.43. The van der Waals surface area contributed by atoms with Crippen LogP contribution in [0.15, 0.2) is 24.3 Å². The van der Waals surface area contributed by atoms with Crippen molar-refractivity contribution in [2.75, 3.05) is 20.1 Å². The molecule has 3 nitrogen and oxygen atoms in total. The first-order valence-corrected chi connectivity index (χ1v) is 7.43. The maximum atomic E-state index is 12.6. The fourth-order valence-electron chi connectivity index (χ4n) is 2.27. The summed E-state index contributed by atoms with van der Waals surface area (Å²) in [7, 11) is 1.88. The van der Waals surface area contributed by atoms with E-state index < -0.39 is 11.7 Å². The lowest BCUT2D eigenvalue weighted by Gasteiger charge is -2.24. The van der Waals surface area contributed by atoms with Gasteiger partial charge in [-0.1, -0.05) is 32.0 Å². The number of likely N-dealkylation sites (N-methyl/N-ethyl adjacent to an activating group) is 1. The molecule has 1 aromatic carbocycles. The van der Waals surface area contributed by atoms with Crippen LogP contribution in [0.3, 0.4) is 0 Å². The summed E-state index contributed by atoms with van der Waals surface area (Å²) in [6.07, 6.45) is -3.27. The number of carbonyl (C=O) groups excluding carboxylic acids is 1. The topological polar surface area (TPSA) is 32.3 Å². The Bertz CT molecular complexity index is 489. The Hall–Kier alpha value is -1.56. The van der Waals surface area contributed by atoms with Gasteiger partial charge < -0.3 is 5.32 Å². The number of amides is 1. The van der Waals surface area contributed by atoms with E-state index in [9.17, 15) is 18.0 Å². The Morgan fingerprint density at radius 3 is 2.55 bits per heavy atom. The Labute approximate surface area is 129 Å². The lowest BCUT2D eigenvalue weighted by atomic mass is 10.1. The average molecular weight is 316 g/mol. The van der Waals surface area contributed by atoms with Crippen LogP contribution in [0.5, 0.6) is 0 Å². The molecule has 0 aliphatic carbocycles. The summed E-state index contributed by atoms with van der Waals surface area (Å²) in [4.78, 5) is 14.0. The van der Waals surface area contributed by atoms with E-state index in [1.165, 1.54) is 6.07 Å². The minimum Gasteiger partial charge on any atom is -0.354 e. The Kier molecular flexibility index (Phi) is 6.87. The van der Waals surface area contributed by atoms with Gasteiger partial charge in [0.25, 0.3) is 0 Å². The quantitative estimate of drug-likeness (QED) is 0.838. The summed E-state index contributed by atoms with van der Waals surface area (Å²) in [5.74, 6) is -0.0844. The third-order valence-electron chi connectivity index (χ3n) is 3.69. The molecule has 1 rings (SSSR count). The SMILES string of the molecule is CCC(C(=O)NCCc1cccc(C(F)(F)F)c1)N(C)CC. The van der Waals surface area contributed by atoms with Crippen LogP contribution in [-0.4, -0.2) is 37.0 Å². The molecule has 1 aromatic rings. The number of carbonyl (C=O) groups is 1. The van der Waals surface area contributed by atoms with Crippen molar-refractivity contribution in [3.8, 4) is 0 Å². The van der Waals surface area contributed by atoms with E-state index in [4.69, 9.17) is 0 Å². The lowest BCUT2D eigenvalue weighted by Crippen LogP contribution is -2.45. The van der Waals surface area contributed by atoms with E-state index in [0.717, 1.165) is 18.7 Å². The van der Waals surface area contributed by atoms with Gasteiger partial charge in [0.15, 0.2) is 0 Å². The van der Waals surface area contributed by atoms with Crippen molar-refractivity contribution in [3.63, 3.8) is 0 Å². The van der Waals surface area contributed by atoms with Crippen LogP contribution in [0, 0.1) is 0 Å². The Morgan fingerprint density at radius 2 is 2.00 bits per heavy atom. The maximum absolute atomic E-state index is 12.6. The molecule has 0 aromatic heterocycles. The Balaban J connectivity index is 2.55. The van der Waals surface area contributed by atoms with Crippen molar-refractivity contribution in [3.05, 3.63) is 35.4 Å². The summed E-state index contributed by atoms with van der Waals surface area (Å²) >= 11 is 0. The monoisotopic (exact) mass is 316 g/mol. The van der Waals surface area contributed by atoms with Crippen LogP contribution in [0.1, 0.15) is 31.4 Å². The molecule has 0 spiro atoms. The number of hydrogen-bond donors (Lipinski definition) is 1. The Morgan fingerprint density at radius 1 is 1.32 bits per heavy atom. The number of hydrogen-bond acceptors (Lipinski definition) is 2. The first-order chi connectivity index (χ1) is 10.3. The maximum Gasteiger partial charge on any atom is 0.416 e. The van der Waals surface area contributed by atoms with Crippen molar-refractivity contribution in [2.45, 2.75) is 38.9 Å². The van der Waals surface area contributed by atoms with E-state index in [1.807, 2.05) is 25.8 Å². The van der Waals surface area contributed by atoms with Gasteiger partial charge >= 0.3 is 6.18 Å². The van der Waals surface area contributed by atoms with Crippen molar-refractivity contribution < 1.29 is 18.0 Å². The zero-order valence-electron chi connectivity index (χ0n) is 13.2. The van der Waals surface area contributed by atoms with Crippen molar-refractivity contribution in [1.82, 2.24) is 10.2 Å². The van der Waals surface area contributed by atoms with Gasteiger partial charge in [-0.2, -0.15) is 13.2 Å². The smallest absolute Gasteiger partial charge is 0.354 e. The van der Waals surface area contributed by atoms with Gasteiger partial charge in [-0.15, -0.1) is 0 Å². The fourth-order valence-corrected chi connectivity index (χ4v) is 2.27. The molecule has 0 bridgehead atoms. The van der Waals surface area contributed by atoms with Gasteiger partial charge in [0, 0.05) is 6.54 Å². The highest BCUT2D eigenvalue weighted by molar-refractivity contribution is 5.81. The molecule has 22 heavy (non-hydrogen) atoms. The molecule has 0 aliphatic heterocycles. The molecule has 0 radical (unpaired) electrons. The molecule has 0 fully saturated rings. The van der Waals surface area contributed by atoms with Gasteiger partial charge in [-0.3, -0.25) is 9.69 Å². The second kappa shape index (κ2) is 8.17. The zero-order valence-corrected chi connectivity index (χ0v) is 13.2. The highest BCUT2D eigenvalue weighted by Crippen LogP contribution is 2.29.